The van der Waals surface area contributed by atoms with Crippen molar-refractivity contribution in [3.05, 3.63) is 89.0 Å². The molecule has 0 atom stereocenters. The largest absolute Gasteiger partial charge is 0.287 e. The van der Waals surface area contributed by atoms with Crippen molar-refractivity contribution in [3.8, 4) is 11.1 Å². The van der Waals surface area contributed by atoms with Gasteiger partial charge in [0.1, 0.15) is 0 Å². The summed E-state index contributed by atoms with van der Waals surface area (Å²) in [6, 6.07) is 13.4. The summed E-state index contributed by atoms with van der Waals surface area (Å²) in [6.07, 6.45) is 7.07. The van der Waals surface area contributed by atoms with Crippen LogP contribution in [0.2, 0.25) is 0 Å². The zero-order chi connectivity index (χ0) is 16.9. The Balaban J connectivity index is 0.00000225. The average Bonchev–Trinajstić information content (AvgIpc) is 2.63. The van der Waals surface area contributed by atoms with Crippen molar-refractivity contribution in [1.82, 2.24) is 4.98 Å². The van der Waals surface area contributed by atoms with Crippen molar-refractivity contribution >= 4 is 28.5 Å². The van der Waals surface area contributed by atoms with E-state index in [1.54, 1.807) is 23.0 Å². The number of hydrogen-bond acceptors (Lipinski definition) is 4. The predicted octanol–water partition coefficient (Wildman–Crippen LogP) is 3.41. The number of Topliss-reactive ketones (excluding diaryl/α,β-unsaturated/α-hetero) is 1. The third-order valence-electron chi connectivity index (χ3n) is 3.61. The molecule has 6 nitrogen and oxygen atoms in total. The first-order valence-corrected chi connectivity index (χ1v) is 7.30. The molecule has 0 aliphatic heterocycles. The zero-order valence-electron chi connectivity index (χ0n) is 13.1. The van der Waals surface area contributed by atoms with Gasteiger partial charge in [-0.3, -0.25) is 19.9 Å². The Kier molecular flexibility index (Phi) is 6.08. The van der Waals surface area contributed by atoms with Gasteiger partial charge in [-0.1, -0.05) is 12.1 Å². The van der Waals surface area contributed by atoms with Crippen LogP contribution in [0, 0.1) is 10.1 Å². The Labute approximate surface area is 154 Å². The number of nitro groups is 1. The fourth-order valence-corrected chi connectivity index (χ4v) is 2.35. The first-order valence-electron chi connectivity index (χ1n) is 7.30. The highest BCUT2D eigenvalue weighted by molar-refractivity contribution is 8.93. The standard InChI is InChI=1S/C18H14N3O3.BrH/c22-18(16-2-1-3-17(12-16)21(23)24)13-20-10-6-15(7-11-20)14-4-8-19-9-5-14;/h1-12H,13H2;1H/q+1;. The summed E-state index contributed by atoms with van der Waals surface area (Å²) in [4.78, 5) is 26.6. The maximum Gasteiger partial charge on any atom is 0.270 e. The van der Waals surface area contributed by atoms with Crippen LogP contribution in [-0.2, 0) is 6.54 Å². The molecule has 126 valence electrons. The molecule has 1 aromatic carbocycles. The van der Waals surface area contributed by atoms with Gasteiger partial charge in [0.15, 0.2) is 12.4 Å². The van der Waals surface area contributed by atoms with Crippen molar-refractivity contribution in [2.75, 3.05) is 0 Å². The molecule has 2 aromatic heterocycles. The first-order chi connectivity index (χ1) is 11.6. The molecular formula is C18H15BrN3O3+. The van der Waals surface area contributed by atoms with E-state index in [4.69, 9.17) is 0 Å². The van der Waals surface area contributed by atoms with Crippen molar-refractivity contribution in [1.29, 1.82) is 0 Å². The van der Waals surface area contributed by atoms with Crippen LogP contribution in [0.5, 0.6) is 0 Å². The summed E-state index contributed by atoms with van der Waals surface area (Å²) in [5, 5.41) is 10.8. The molecule has 0 fully saturated rings. The number of nitro benzene ring substituents is 1. The summed E-state index contributed by atoms with van der Waals surface area (Å²) in [6.45, 7) is 0.123. The number of rotatable bonds is 5. The fraction of sp³-hybridized carbons (Fsp3) is 0.0556. The van der Waals surface area contributed by atoms with Gasteiger partial charge in [0.05, 0.1) is 4.92 Å². The van der Waals surface area contributed by atoms with Gasteiger partial charge in [0.2, 0.25) is 12.3 Å². The Hall–Kier alpha value is -2.93. The molecule has 0 aliphatic rings. The van der Waals surface area contributed by atoms with Gasteiger partial charge in [-0.25, -0.2) is 0 Å². The average molecular weight is 401 g/mol. The lowest BCUT2D eigenvalue weighted by molar-refractivity contribution is -0.683. The second kappa shape index (κ2) is 8.25. The van der Waals surface area contributed by atoms with E-state index in [-0.39, 0.29) is 35.0 Å². The third kappa shape index (κ3) is 4.54. The molecule has 0 saturated heterocycles. The van der Waals surface area contributed by atoms with Crippen LogP contribution >= 0.6 is 17.0 Å². The number of non-ortho nitro benzene ring substituents is 1. The number of hydrogen-bond donors (Lipinski definition) is 0. The van der Waals surface area contributed by atoms with Gasteiger partial charge < -0.3 is 0 Å². The van der Waals surface area contributed by atoms with Crippen LogP contribution in [0.25, 0.3) is 11.1 Å². The van der Waals surface area contributed by atoms with Gasteiger partial charge in [-0.05, 0) is 23.3 Å². The van der Waals surface area contributed by atoms with E-state index in [1.807, 2.05) is 36.7 Å². The van der Waals surface area contributed by atoms with E-state index < -0.39 is 4.92 Å². The van der Waals surface area contributed by atoms with Crippen molar-refractivity contribution in [3.63, 3.8) is 0 Å². The van der Waals surface area contributed by atoms with Crippen LogP contribution in [0.1, 0.15) is 10.4 Å². The smallest absolute Gasteiger partial charge is 0.270 e. The van der Waals surface area contributed by atoms with E-state index >= 15 is 0 Å². The molecule has 3 rings (SSSR count). The minimum Gasteiger partial charge on any atom is -0.287 e. The molecule has 3 aromatic rings. The molecule has 0 N–H and O–H groups in total. The van der Waals surface area contributed by atoms with E-state index in [2.05, 4.69) is 4.98 Å². The molecule has 2 heterocycles. The number of carbonyl (C=O) groups is 1. The van der Waals surface area contributed by atoms with Crippen molar-refractivity contribution < 1.29 is 14.3 Å². The lowest BCUT2D eigenvalue weighted by Crippen LogP contribution is -2.37. The summed E-state index contributed by atoms with van der Waals surface area (Å²) < 4.78 is 1.74. The van der Waals surface area contributed by atoms with Gasteiger partial charge in [0, 0.05) is 42.2 Å². The number of carbonyl (C=O) groups excluding carboxylic acids is 1. The minimum absolute atomic E-state index is 0. The summed E-state index contributed by atoms with van der Waals surface area (Å²) >= 11 is 0. The second-order valence-corrected chi connectivity index (χ2v) is 5.23. The van der Waals surface area contributed by atoms with Gasteiger partial charge in [-0.2, -0.15) is 4.57 Å². The van der Waals surface area contributed by atoms with Gasteiger partial charge in [-0.15, -0.1) is 17.0 Å². The zero-order valence-corrected chi connectivity index (χ0v) is 14.8. The van der Waals surface area contributed by atoms with Crippen LogP contribution in [0.15, 0.2) is 73.3 Å². The van der Waals surface area contributed by atoms with E-state index in [0.717, 1.165) is 11.1 Å². The normalized spacial score (nSPS) is 9.92. The molecular weight excluding hydrogens is 386 g/mol. The minimum atomic E-state index is -0.507. The molecule has 0 unspecified atom stereocenters. The van der Waals surface area contributed by atoms with Crippen molar-refractivity contribution in [2.24, 2.45) is 0 Å². The highest BCUT2D eigenvalue weighted by Crippen LogP contribution is 2.16. The van der Waals surface area contributed by atoms with Crippen LogP contribution in [-0.4, -0.2) is 15.7 Å². The topological polar surface area (TPSA) is 77.0 Å². The van der Waals surface area contributed by atoms with Crippen molar-refractivity contribution in [2.45, 2.75) is 6.54 Å². The highest BCUT2D eigenvalue weighted by atomic mass is 79.9. The van der Waals surface area contributed by atoms with E-state index in [1.165, 1.54) is 18.2 Å². The molecule has 7 heteroatoms. The molecule has 0 aliphatic carbocycles. The maximum absolute atomic E-state index is 12.3. The molecule has 0 radical (unpaired) electrons. The number of pyridine rings is 2. The monoisotopic (exact) mass is 400 g/mol. The first kappa shape index (κ1) is 18.4. The summed E-state index contributed by atoms with van der Waals surface area (Å²) in [5.74, 6) is -0.180. The fourth-order valence-electron chi connectivity index (χ4n) is 2.35. The van der Waals surface area contributed by atoms with E-state index in [0.29, 0.717) is 5.56 Å². The summed E-state index contributed by atoms with van der Waals surface area (Å²) in [7, 11) is 0. The number of halogens is 1. The Bertz CT molecular complexity index is 884. The van der Waals surface area contributed by atoms with Crippen LogP contribution in [0.4, 0.5) is 5.69 Å². The Morgan fingerprint density at radius 2 is 1.68 bits per heavy atom. The summed E-state index contributed by atoms with van der Waals surface area (Å²) in [5.41, 5.74) is 2.31. The quantitative estimate of drug-likeness (QED) is 0.284. The molecule has 0 bridgehead atoms. The van der Waals surface area contributed by atoms with Gasteiger partial charge >= 0.3 is 0 Å². The SMILES string of the molecule is Br.O=C(C[n+]1ccc(-c2ccncc2)cc1)c1cccc([N+](=O)[O-])c1. The number of aromatic nitrogens is 2. The Morgan fingerprint density at radius 3 is 2.32 bits per heavy atom. The van der Waals surface area contributed by atoms with Gasteiger partial charge in [0.25, 0.3) is 5.69 Å². The molecule has 0 saturated carbocycles. The molecule has 0 spiro atoms. The third-order valence-corrected chi connectivity index (χ3v) is 3.61. The number of nitrogens with zero attached hydrogens (tertiary/aromatic N) is 3. The highest BCUT2D eigenvalue weighted by Gasteiger charge is 2.15. The molecule has 0 amide bonds. The number of benzene rings is 1. The number of ketones is 1. The Morgan fingerprint density at radius 1 is 1.04 bits per heavy atom. The second-order valence-electron chi connectivity index (χ2n) is 5.23. The van der Waals surface area contributed by atoms with Crippen LogP contribution in [0.3, 0.4) is 0 Å². The maximum atomic E-state index is 12.3. The van der Waals surface area contributed by atoms with Crippen LogP contribution < -0.4 is 4.57 Å². The lowest BCUT2D eigenvalue weighted by Gasteiger charge is -2.01. The van der Waals surface area contributed by atoms with E-state index in [9.17, 15) is 14.9 Å². The molecule has 25 heavy (non-hydrogen) atoms. The predicted molar refractivity (Wildman–Crippen MR) is 97.6 cm³/mol. The lowest BCUT2D eigenvalue weighted by atomic mass is 10.1.